The molecule has 0 spiro atoms. The van der Waals surface area contributed by atoms with Gasteiger partial charge in [-0.05, 0) is 56.9 Å². The molecule has 0 unspecified atom stereocenters. The summed E-state index contributed by atoms with van der Waals surface area (Å²) in [6.45, 7) is 11.5. The maximum absolute atomic E-state index is 12.0. The quantitative estimate of drug-likeness (QED) is 0.661. The van der Waals surface area contributed by atoms with E-state index in [0.29, 0.717) is 11.3 Å². The second kappa shape index (κ2) is 6.94. The van der Waals surface area contributed by atoms with Crippen LogP contribution in [-0.4, -0.2) is 23.1 Å². The first kappa shape index (κ1) is 18.9. The number of nitrogens with one attached hydrogen (secondary N) is 2. The standard InChI is InChI=1S/C18H26N2O3/c1-12(21)13-7-9-14(10-8-13)19-15(22)16(23)20-18(5,6)11-17(2,3)4/h7-10H,11H2,1-6H3,(H,19,22)(H,20,23). The SMILES string of the molecule is CC(=O)c1ccc(NC(=O)C(=O)NC(C)(C)CC(C)(C)C)cc1. The van der Waals surface area contributed by atoms with Gasteiger partial charge in [-0.1, -0.05) is 20.8 Å². The number of Topliss-reactive ketones (excluding diaryl/α,β-unsaturated/α-hetero) is 1. The summed E-state index contributed by atoms with van der Waals surface area (Å²) in [4.78, 5) is 35.2. The van der Waals surface area contributed by atoms with E-state index in [2.05, 4.69) is 31.4 Å². The number of ketones is 1. The van der Waals surface area contributed by atoms with Crippen molar-refractivity contribution in [2.75, 3.05) is 5.32 Å². The van der Waals surface area contributed by atoms with Gasteiger partial charge in [0.15, 0.2) is 5.78 Å². The van der Waals surface area contributed by atoms with Gasteiger partial charge >= 0.3 is 11.8 Å². The summed E-state index contributed by atoms with van der Waals surface area (Å²) in [6, 6.07) is 6.42. The lowest BCUT2D eigenvalue weighted by molar-refractivity contribution is -0.137. The minimum atomic E-state index is -0.720. The Kier molecular flexibility index (Phi) is 5.70. The molecule has 0 saturated carbocycles. The highest BCUT2D eigenvalue weighted by molar-refractivity contribution is 6.39. The number of rotatable bonds is 4. The molecular weight excluding hydrogens is 292 g/mol. The van der Waals surface area contributed by atoms with Gasteiger partial charge in [0, 0.05) is 16.8 Å². The van der Waals surface area contributed by atoms with Gasteiger partial charge in [0.1, 0.15) is 0 Å². The van der Waals surface area contributed by atoms with Crippen LogP contribution in [-0.2, 0) is 9.59 Å². The van der Waals surface area contributed by atoms with Crippen molar-refractivity contribution in [1.29, 1.82) is 0 Å². The Labute approximate surface area is 137 Å². The molecule has 1 rings (SSSR count). The van der Waals surface area contributed by atoms with Crippen molar-refractivity contribution in [3.05, 3.63) is 29.8 Å². The van der Waals surface area contributed by atoms with Gasteiger partial charge in [0.25, 0.3) is 0 Å². The van der Waals surface area contributed by atoms with Crippen LogP contribution in [0.5, 0.6) is 0 Å². The maximum Gasteiger partial charge on any atom is 0.313 e. The zero-order valence-electron chi connectivity index (χ0n) is 14.7. The van der Waals surface area contributed by atoms with Crippen molar-refractivity contribution < 1.29 is 14.4 Å². The van der Waals surface area contributed by atoms with Crippen LogP contribution in [0, 0.1) is 5.41 Å². The largest absolute Gasteiger partial charge is 0.343 e. The van der Waals surface area contributed by atoms with Crippen LogP contribution in [0.2, 0.25) is 0 Å². The normalized spacial score (nSPS) is 11.7. The van der Waals surface area contributed by atoms with E-state index in [9.17, 15) is 14.4 Å². The van der Waals surface area contributed by atoms with E-state index in [4.69, 9.17) is 0 Å². The molecule has 5 nitrogen and oxygen atoms in total. The zero-order chi connectivity index (χ0) is 17.8. The van der Waals surface area contributed by atoms with Gasteiger partial charge in [0.05, 0.1) is 0 Å². The second-order valence-corrected chi connectivity index (χ2v) is 7.66. The molecule has 0 saturated heterocycles. The van der Waals surface area contributed by atoms with Gasteiger partial charge in [-0.25, -0.2) is 0 Å². The molecule has 2 N–H and O–H groups in total. The zero-order valence-corrected chi connectivity index (χ0v) is 14.7. The van der Waals surface area contributed by atoms with Crippen LogP contribution in [0.1, 0.15) is 58.3 Å². The number of benzene rings is 1. The van der Waals surface area contributed by atoms with Crippen LogP contribution >= 0.6 is 0 Å². The lowest BCUT2D eigenvalue weighted by Crippen LogP contribution is -2.49. The van der Waals surface area contributed by atoms with E-state index in [1.165, 1.54) is 6.92 Å². The topological polar surface area (TPSA) is 75.3 Å². The summed E-state index contributed by atoms with van der Waals surface area (Å²) in [5, 5.41) is 5.29. The van der Waals surface area contributed by atoms with Crippen molar-refractivity contribution in [3.8, 4) is 0 Å². The number of amides is 2. The fraction of sp³-hybridized carbons (Fsp3) is 0.500. The van der Waals surface area contributed by atoms with Gasteiger partial charge in [-0.15, -0.1) is 0 Å². The van der Waals surface area contributed by atoms with Crippen molar-refractivity contribution in [2.45, 2.75) is 53.5 Å². The summed E-state index contributed by atoms with van der Waals surface area (Å²) < 4.78 is 0. The van der Waals surface area contributed by atoms with E-state index in [1.807, 2.05) is 13.8 Å². The second-order valence-electron chi connectivity index (χ2n) is 7.66. The number of hydrogen-bond acceptors (Lipinski definition) is 3. The van der Waals surface area contributed by atoms with Crippen LogP contribution in [0.15, 0.2) is 24.3 Å². The Morgan fingerprint density at radius 1 is 0.913 bits per heavy atom. The Balaban J connectivity index is 2.67. The fourth-order valence-electron chi connectivity index (χ4n) is 2.71. The average molecular weight is 318 g/mol. The minimum Gasteiger partial charge on any atom is -0.343 e. The molecule has 1 aromatic rings. The molecule has 0 fully saturated rings. The average Bonchev–Trinajstić information content (AvgIpc) is 2.35. The monoisotopic (exact) mass is 318 g/mol. The predicted octanol–water partition coefficient (Wildman–Crippen LogP) is 3.16. The minimum absolute atomic E-state index is 0.0375. The van der Waals surface area contributed by atoms with Gasteiger partial charge in [-0.3, -0.25) is 14.4 Å². The number of carbonyl (C=O) groups is 3. The van der Waals surface area contributed by atoms with E-state index in [1.54, 1.807) is 24.3 Å². The summed E-state index contributed by atoms with van der Waals surface area (Å²) >= 11 is 0. The lowest BCUT2D eigenvalue weighted by atomic mass is 9.82. The highest BCUT2D eigenvalue weighted by Gasteiger charge is 2.29. The molecule has 1 aromatic carbocycles. The predicted molar refractivity (Wildman–Crippen MR) is 91.4 cm³/mol. The van der Waals surface area contributed by atoms with Crippen LogP contribution < -0.4 is 10.6 Å². The first-order valence-corrected chi connectivity index (χ1v) is 7.64. The van der Waals surface area contributed by atoms with Gasteiger partial charge < -0.3 is 10.6 Å². The maximum atomic E-state index is 12.0. The number of hydrogen-bond donors (Lipinski definition) is 2. The summed E-state index contributed by atoms with van der Waals surface area (Å²) in [6.07, 6.45) is 0.742. The Hall–Kier alpha value is -2.17. The van der Waals surface area contributed by atoms with Crippen molar-refractivity contribution in [1.82, 2.24) is 5.32 Å². The molecule has 0 aliphatic carbocycles. The number of anilines is 1. The highest BCUT2D eigenvalue weighted by atomic mass is 16.2. The fourth-order valence-corrected chi connectivity index (χ4v) is 2.71. The molecule has 0 aromatic heterocycles. The Bertz CT molecular complexity index is 596. The lowest BCUT2D eigenvalue weighted by Gasteiger charge is -2.33. The highest BCUT2D eigenvalue weighted by Crippen LogP contribution is 2.26. The third-order valence-corrected chi connectivity index (χ3v) is 3.18. The Morgan fingerprint density at radius 2 is 1.43 bits per heavy atom. The van der Waals surface area contributed by atoms with E-state index in [0.717, 1.165) is 6.42 Å². The van der Waals surface area contributed by atoms with E-state index >= 15 is 0 Å². The molecular formula is C18H26N2O3. The van der Waals surface area contributed by atoms with Gasteiger partial charge in [-0.2, -0.15) is 0 Å². The van der Waals surface area contributed by atoms with Crippen molar-refractivity contribution >= 4 is 23.3 Å². The van der Waals surface area contributed by atoms with E-state index in [-0.39, 0.29) is 11.2 Å². The molecule has 0 radical (unpaired) electrons. The first-order valence-electron chi connectivity index (χ1n) is 7.64. The first-order chi connectivity index (χ1) is 10.4. The molecule has 126 valence electrons. The molecule has 23 heavy (non-hydrogen) atoms. The summed E-state index contributed by atoms with van der Waals surface area (Å²) in [5.74, 6) is -1.44. The van der Waals surface area contributed by atoms with Gasteiger partial charge in [0.2, 0.25) is 0 Å². The molecule has 0 atom stereocenters. The third-order valence-electron chi connectivity index (χ3n) is 3.18. The molecule has 2 amide bonds. The summed E-state index contributed by atoms with van der Waals surface area (Å²) in [7, 11) is 0. The number of carbonyl (C=O) groups excluding carboxylic acids is 3. The van der Waals surface area contributed by atoms with Crippen LogP contribution in [0.25, 0.3) is 0 Å². The molecule has 0 bridgehead atoms. The summed E-state index contributed by atoms with van der Waals surface area (Å²) in [5.41, 5.74) is 0.587. The molecule has 0 heterocycles. The smallest absolute Gasteiger partial charge is 0.313 e. The Morgan fingerprint density at radius 3 is 1.87 bits per heavy atom. The third kappa shape index (κ3) is 6.63. The van der Waals surface area contributed by atoms with Crippen molar-refractivity contribution in [2.24, 2.45) is 5.41 Å². The van der Waals surface area contributed by atoms with Crippen LogP contribution in [0.4, 0.5) is 5.69 Å². The van der Waals surface area contributed by atoms with E-state index < -0.39 is 17.4 Å². The molecule has 5 heteroatoms. The molecule has 0 aliphatic heterocycles. The molecule has 0 aliphatic rings. The van der Waals surface area contributed by atoms with Crippen LogP contribution in [0.3, 0.4) is 0 Å². The van der Waals surface area contributed by atoms with Crippen molar-refractivity contribution in [3.63, 3.8) is 0 Å².